The summed E-state index contributed by atoms with van der Waals surface area (Å²) in [5.74, 6) is -0.653. The van der Waals surface area contributed by atoms with Gasteiger partial charge in [0.25, 0.3) is 0 Å². The van der Waals surface area contributed by atoms with E-state index in [0.717, 1.165) is 0 Å². The van der Waals surface area contributed by atoms with Crippen molar-refractivity contribution >= 4 is 17.6 Å². The molecule has 0 aliphatic heterocycles. The van der Waals surface area contributed by atoms with E-state index in [-0.39, 0.29) is 0 Å². The molecule has 0 spiro atoms. The third-order valence-electron chi connectivity index (χ3n) is 2.31. The third-order valence-corrected chi connectivity index (χ3v) is 2.54. The van der Waals surface area contributed by atoms with Crippen molar-refractivity contribution in [2.75, 3.05) is 0 Å². The van der Waals surface area contributed by atoms with Gasteiger partial charge in [-0.15, -0.1) is 0 Å². The van der Waals surface area contributed by atoms with Gasteiger partial charge in [-0.25, -0.2) is 4.79 Å². The minimum absolute atomic E-state index is 0.392. The second-order valence-electron chi connectivity index (χ2n) is 3.62. The Hall–Kier alpha value is -2.01. The zero-order valence-corrected chi connectivity index (χ0v) is 10.2. The van der Waals surface area contributed by atoms with Gasteiger partial charge >= 0.3 is 5.97 Å². The Bertz CT molecular complexity index is 553. The lowest BCUT2D eigenvalue weighted by Crippen LogP contribution is -2.23. The fourth-order valence-electron chi connectivity index (χ4n) is 1.40. The van der Waals surface area contributed by atoms with Gasteiger partial charge < -0.3 is 14.4 Å². The number of halogens is 1. The first-order valence-electron chi connectivity index (χ1n) is 5.17. The molecule has 18 heavy (non-hydrogen) atoms. The number of carbonyl (C=O) groups is 1. The van der Waals surface area contributed by atoms with Gasteiger partial charge in [0.1, 0.15) is 17.7 Å². The summed E-state index contributed by atoms with van der Waals surface area (Å²) in [4.78, 5) is 10.8. The normalized spacial score (nSPS) is 12.1. The van der Waals surface area contributed by atoms with E-state index in [0.29, 0.717) is 22.0 Å². The molecule has 2 rings (SSSR count). The zero-order valence-electron chi connectivity index (χ0n) is 9.46. The lowest BCUT2D eigenvalue weighted by molar-refractivity contribution is -0.144. The number of carboxylic acid groups (broad SMARTS) is 1. The molecular weight excluding hydrogens is 258 g/mol. The zero-order chi connectivity index (χ0) is 13.1. The molecule has 6 heteroatoms. The van der Waals surface area contributed by atoms with Crippen LogP contribution in [0, 0.1) is 0 Å². The maximum Gasteiger partial charge on any atom is 0.344 e. The topological polar surface area (TPSA) is 72.6 Å². The molecule has 0 fully saturated rings. The number of aliphatic carboxylic acids is 1. The van der Waals surface area contributed by atoms with Crippen molar-refractivity contribution in [3.05, 3.63) is 35.6 Å². The van der Waals surface area contributed by atoms with Crippen LogP contribution in [0.25, 0.3) is 11.3 Å². The molecule has 0 amide bonds. The fourth-order valence-corrected chi connectivity index (χ4v) is 1.57. The van der Waals surface area contributed by atoms with Gasteiger partial charge in [-0.2, -0.15) is 0 Å². The third kappa shape index (κ3) is 2.62. The number of carboxylic acids is 1. The average molecular weight is 268 g/mol. The van der Waals surface area contributed by atoms with E-state index in [1.54, 1.807) is 24.3 Å². The van der Waals surface area contributed by atoms with Crippen molar-refractivity contribution in [1.82, 2.24) is 5.16 Å². The molecule has 5 nitrogen and oxygen atoms in total. The quantitative estimate of drug-likeness (QED) is 0.922. The summed E-state index contributed by atoms with van der Waals surface area (Å²) in [6, 6.07) is 6.51. The Morgan fingerprint density at radius 3 is 2.89 bits per heavy atom. The molecule has 1 atom stereocenters. The van der Waals surface area contributed by atoms with Crippen LogP contribution in [-0.4, -0.2) is 22.3 Å². The lowest BCUT2D eigenvalue weighted by atomic mass is 10.1. The summed E-state index contributed by atoms with van der Waals surface area (Å²) in [6.45, 7) is 1.45. The molecule has 0 radical (unpaired) electrons. The summed E-state index contributed by atoms with van der Waals surface area (Å²) in [5, 5.41) is 13.1. The van der Waals surface area contributed by atoms with Gasteiger partial charge in [-0.1, -0.05) is 16.8 Å². The van der Waals surface area contributed by atoms with Crippen LogP contribution in [-0.2, 0) is 4.79 Å². The van der Waals surface area contributed by atoms with Gasteiger partial charge in [0, 0.05) is 16.7 Å². The van der Waals surface area contributed by atoms with Gasteiger partial charge in [0.15, 0.2) is 6.10 Å². The second-order valence-corrected chi connectivity index (χ2v) is 4.06. The first-order chi connectivity index (χ1) is 8.58. The molecule has 1 aromatic carbocycles. The Morgan fingerprint density at radius 2 is 2.28 bits per heavy atom. The monoisotopic (exact) mass is 267 g/mol. The predicted octanol–water partition coefficient (Wildman–Crippen LogP) is 2.85. The van der Waals surface area contributed by atoms with Crippen molar-refractivity contribution in [1.29, 1.82) is 0 Å². The molecule has 2 aromatic rings. The maximum atomic E-state index is 10.8. The van der Waals surface area contributed by atoms with Crippen LogP contribution in [0.15, 0.2) is 35.1 Å². The van der Waals surface area contributed by atoms with Crippen LogP contribution < -0.4 is 4.74 Å². The molecule has 1 heterocycles. The Kier molecular flexibility index (Phi) is 3.53. The SMILES string of the molecule is CC(Oc1ccc(Cl)cc1-c1ccon1)C(=O)O. The van der Waals surface area contributed by atoms with E-state index >= 15 is 0 Å². The molecule has 0 aliphatic carbocycles. The van der Waals surface area contributed by atoms with E-state index in [2.05, 4.69) is 5.16 Å². The molecule has 0 aliphatic rings. The van der Waals surface area contributed by atoms with E-state index in [1.165, 1.54) is 13.2 Å². The van der Waals surface area contributed by atoms with Gasteiger partial charge in [-0.3, -0.25) is 0 Å². The summed E-state index contributed by atoms with van der Waals surface area (Å²) in [5.41, 5.74) is 1.12. The maximum absolute atomic E-state index is 10.8. The predicted molar refractivity (Wildman–Crippen MR) is 64.7 cm³/mol. The number of aromatic nitrogens is 1. The average Bonchev–Trinajstić information content (AvgIpc) is 2.84. The highest BCUT2D eigenvalue weighted by Gasteiger charge is 2.17. The summed E-state index contributed by atoms with van der Waals surface area (Å²) < 4.78 is 10.1. The highest BCUT2D eigenvalue weighted by molar-refractivity contribution is 6.30. The number of benzene rings is 1. The number of rotatable bonds is 4. The number of hydrogen-bond acceptors (Lipinski definition) is 4. The van der Waals surface area contributed by atoms with Crippen LogP contribution in [0.5, 0.6) is 5.75 Å². The molecule has 0 saturated heterocycles. The Morgan fingerprint density at radius 1 is 1.50 bits per heavy atom. The van der Waals surface area contributed by atoms with Gasteiger partial charge in [0.05, 0.1) is 0 Å². The molecule has 0 saturated carbocycles. The molecule has 1 unspecified atom stereocenters. The number of nitrogens with zero attached hydrogens (tertiary/aromatic N) is 1. The van der Waals surface area contributed by atoms with Crippen molar-refractivity contribution in [2.24, 2.45) is 0 Å². The standard InChI is InChI=1S/C12H10ClNO4/c1-7(12(15)16)18-11-3-2-8(13)6-9(11)10-4-5-17-14-10/h2-7H,1H3,(H,15,16). The Balaban J connectivity index is 2.38. The van der Waals surface area contributed by atoms with Crippen LogP contribution in [0.1, 0.15) is 6.92 Å². The summed E-state index contributed by atoms with van der Waals surface area (Å²) in [7, 11) is 0. The highest BCUT2D eigenvalue weighted by atomic mass is 35.5. The molecule has 94 valence electrons. The minimum atomic E-state index is -1.05. The largest absolute Gasteiger partial charge is 0.479 e. The van der Waals surface area contributed by atoms with Crippen molar-refractivity contribution in [2.45, 2.75) is 13.0 Å². The van der Waals surface area contributed by atoms with Crippen LogP contribution in [0.3, 0.4) is 0 Å². The summed E-state index contributed by atoms with van der Waals surface area (Å²) >= 11 is 5.90. The van der Waals surface area contributed by atoms with Crippen LogP contribution in [0.4, 0.5) is 0 Å². The van der Waals surface area contributed by atoms with E-state index in [9.17, 15) is 4.79 Å². The number of ether oxygens (including phenoxy) is 1. The first kappa shape index (κ1) is 12.4. The van der Waals surface area contributed by atoms with Crippen LogP contribution in [0.2, 0.25) is 5.02 Å². The molecular formula is C12H10ClNO4. The van der Waals surface area contributed by atoms with E-state index in [4.69, 9.17) is 26.0 Å². The van der Waals surface area contributed by atoms with Gasteiger partial charge in [0.2, 0.25) is 0 Å². The van der Waals surface area contributed by atoms with Crippen molar-refractivity contribution in [3.63, 3.8) is 0 Å². The smallest absolute Gasteiger partial charge is 0.344 e. The fraction of sp³-hybridized carbons (Fsp3) is 0.167. The Labute approximate surface area is 108 Å². The first-order valence-corrected chi connectivity index (χ1v) is 5.55. The number of hydrogen-bond donors (Lipinski definition) is 1. The van der Waals surface area contributed by atoms with E-state index in [1.807, 2.05) is 0 Å². The van der Waals surface area contributed by atoms with Crippen molar-refractivity contribution < 1.29 is 19.2 Å². The molecule has 0 bridgehead atoms. The molecule has 1 aromatic heterocycles. The molecule has 1 N–H and O–H groups in total. The van der Waals surface area contributed by atoms with E-state index < -0.39 is 12.1 Å². The van der Waals surface area contributed by atoms with Crippen LogP contribution >= 0.6 is 11.6 Å². The van der Waals surface area contributed by atoms with Crippen molar-refractivity contribution in [3.8, 4) is 17.0 Å². The second kappa shape index (κ2) is 5.10. The lowest BCUT2D eigenvalue weighted by Gasteiger charge is -2.13. The highest BCUT2D eigenvalue weighted by Crippen LogP contribution is 2.32. The minimum Gasteiger partial charge on any atom is -0.479 e. The summed E-state index contributed by atoms with van der Waals surface area (Å²) in [6.07, 6.45) is 0.456. The van der Waals surface area contributed by atoms with Gasteiger partial charge in [-0.05, 0) is 25.1 Å².